The van der Waals surface area contributed by atoms with Crippen LogP contribution in [0.15, 0.2) is 35.8 Å². The van der Waals surface area contributed by atoms with Crippen LogP contribution < -0.4 is 20.1 Å². The van der Waals surface area contributed by atoms with Crippen molar-refractivity contribution in [1.29, 1.82) is 0 Å². The molecule has 0 radical (unpaired) electrons. The molecular formula is C15H24IN3O2. The molecule has 0 fully saturated rings. The molecule has 0 unspecified atom stereocenters. The van der Waals surface area contributed by atoms with Crippen molar-refractivity contribution in [3.63, 3.8) is 0 Å². The average Bonchev–Trinajstić information content (AvgIpc) is 2.48. The maximum Gasteiger partial charge on any atom is 0.191 e. The third kappa shape index (κ3) is 6.70. The summed E-state index contributed by atoms with van der Waals surface area (Å²) >= 11 is 0. The van der Waals surface area contributed by atoms with Crippen LogP contribution in [0.4, 0.5) is 0 Å². The zero-order valence-corrected chi connectivity index (χ0v) is 15.1. The number of halogens is 1. The van der Waals surface area contributed by atoms with Gasteiger partial charge >= 0.3 is 0 Å². The molecule has 1 aromatic rings. The van der Waals surface area contributed by atoms with Gasteiger partial charge in [0.1, 0.15) is 0 Å². The van der Waals surface area contributed by atoms with Crippen molar-refractivity contribution in [1.82, 2.24) is 10.6 Å². The van der Waals surface area contributed by atoms with Gasteiger partial charge in [-0.15, -0.1) is 30.6 Å². The lowest BCUT2D eigenvalue weighted by atomic mass is 10.2. The SMILES string of the molecule is C=CCNC(=NC)NCc1ccc(OC)c(OCC)c1.I. The highest BCUT2D eigenvalue weighted by atomic mass is 127. The van der Waals surface area contributed by atoms with Gasteiger partial charge in [-0.25, -0.2) is 0 Å². The number of hydrogen-bond acceptors (Lipinski definition) is 3. The van der Waals surface area contributed by atoms with E-state index in [9.17, 15) is 0 Å². The molecule has 0 heterocycles. The Labute approximate surface area is 143 Å². The van der Waals surface area contributed by atoms with Gasteiger partial charge in [-0.05, 0) is 24.6 Å². The molecule has 0 aliphatic rings. The first-order valence-electron chi connectivity index (χ1n) is 6.60. The third-order valence-corrected chi connectivity index (χ3v) is 2.63. The summed E-state index contributed by atoms with van der Waals surface area (Å²) in [6, 6.07) is 5.87. The molecule has 0 aliphatic carbocycles. The molecule has 0 saturated carbocycles. The summed E-state index contributed by atoms with van der Waals surface area (Å²) in [6.45, 7) is 7.54. The van der Waals surface area contributed by atoms with Crippen molar-refractivity contribution >= 4 is 29.9 Å². The summed E-state index contributed by atoms with van der Waals surface area (Å²) < 4.78 is 10.8. The number of hydrogen-bond donors (Lipinski definition) is 2. The van der Waals surface area contributed by atoms with Crippen LogP contribution in [0, 0.1) is 0 Å². The van der Waals surface area contributed by atoms with Gasteiger partial charge in [0.25, 0.3) is 0 Å². The minimum Gasteiger partial charge on any atom is -0.493 e. The summed E-state index contributed by atoms with van der Waals surface area (Å²) in [4.78, 5) is 4.12. The van der Waals surface area contributed by atoms with Gasteiger partial charge in [-0.1, -0.05) is 12.1 Å². The van der Waals surface area contributed by atoms with E-state index in [0.29, 0.717) is 19.7 Å². The van der Waals surface area contributed by atoms with E-state index in [4.69, 9.17) is 9.47 Å². The molecule has 0 bridgehead atoms. The fourth-order valence-electron chi connectivity index (χ4n) is 1.67. The number of benzene rings is 1. The molecular weight excluding hydrogens is 381 g/mol. The number of guanidine groups is 1. The highest BCUT2D eigenvalue weighted by Crippen LogP contribution is 2.27. The Hall–Kier alpha value is -1.44. The fourth-order valence-corrected chi connectivity index (χ4v) is 1.67. The molecule has 21 heavy (non-hydrogen) atoms. The number of nitrogens with zero attached hydrogens (tertiary/aromatic N) is 1. The standard InChI is InChI=1S/C15H23N3O2.HI/c1-5-9-17-15(16-3)18-11-12-7-8-13(19-4)14(10-12)20-6-2;/h5,7-8,10H,1,6,9,11H2,2-4H3,(H2,16,17,18);1H. The molecule has 0 atom stereocenters. The van der Waals surface area contributed by atoms with Gasteiger partial charge in [0.2, 0.25) is 0 Å². The van der Waals surface area contributed by atoms with Crippen LogP contribution in [0.1, 0.15) is 12.5 Å². The zero-order chi connectivity index (χ0) is 14.8. The molecule has 118 valence electrons. The Kier molecular flexibility index (Phi) is 10.5. The van der Waals surface area contributed by atoms with Crippen LogP contribution >= 0.6 is 24.0 Å². The predicted molar refractivity (Wildman–Crippen MR) is 98.0 cm³/mol. The van der Waals surface area contributed by atoms with Crippen LogP contribution in [0.5, 0.6) is 11.5 Å². The Bertz CT molecular complexity index is 464. The number of ether oxygens (including phenoxy) is 2. The fraction of sp³-hybridized carbons (Fsp3) is 0.400. The monoisotopic (exact) mass is 405 g/mol. The van der Waals surface area contributed by atoms with Gasteiger partial charge in [-0.2, -0.15) is 0 Å². The second-order valence-corrected chi connectivity index (χ2v) is 4.01. The average molecular weight is 405 g/mol. The van der Waals surface area contributed by atoms with E-state index in [1.807, 2.05) is 25.1 Å². The van der Waals surface area contributed by atoms with Crippen LogP contribution in [0.2, 0.25) is 0 Å². The number of nitrogens with one attached hydrogen (secondary N) is 2. The molecule has 0 aliphatic heterocycles. The molecule has 0 spiro atoms. The van der Waals surface area contributed by atoms with Crippen molar-refractivity contribution in [3.05, 3.63) is 36.4 Å². The third-order valence-electron chi connectivity index (χ3n) is 2.63. The van der Waals surface area contributed by atoms with Gasteiger partial charge in [0, 0.05) is 20.1 Å². The molecule has 0 saturated heterocycles. The topological polar surface area (TPSA) is 54.9 Å². The van der Waals surface area contributed by atoms with Gasteiger partial charge in [0.05, 0.1) is 13.7 Å². The first-order valence-corrected chi connectivity index (χ1v) is 6.60. The molecule has 5 nitrogen and oxygen atoms in total. The number of methoxy groups -OCH3 is 1. The molecule has 0 amide bonds. The molecule has 0 aromatic heterocycles. The first kappa shape index (κ1) is 19.6. The predicted octanol–water partition coefficient (Wildman–Crippen LogP) is 2.56. The lowest BCUT2D eigenvalue weighted by molar-refractivity contribution is 0.310. The van der Waals surface area contributed by atoms with Crippen LogP contribution in [0.25, 0.3) is 0 Å². The normalized spacial score (nSPS) is 10.3. The number of aliphatic imine (C=N–C) groups is 1. The van der Waals surface area contributed by atoms with Crippen molar-refractivity contribution < 1.29 is 9.47 Å². The van der Waals surface area contributed by atoms with E-state index in [1.54, 1.807) is 20.2 Å². The van der Waals surface area contributed by atoms with E-state index in [-0.39, 0.29) is 24.0 Å². The van der Waals surface area contributed by atoms with Gasteiger partial charge in [-0.3, -0.25) is 4.99 Å². The van der Waals surface area contributed by atoms with Crippen molar-refractivity contribution in [2.75, 3.05) is 27.3 Å². The Morgan fingerprint density at radius 2 is 2.10 bits per heavy atom. The largest absolute Gasteiger partial charge is 0.493 e. The van der Waals surface area contributed by atoms with Crippen LogP contribution in [0.3, 0.4) is 0 Å². The van der Waals surface area contributed by atoms with Crippen LogP contribution in [-0.4, -0.2) is 33.3 Å². The Morgan fingerprint density at radius 3 is 2.67 bits per heavy atom. The highest BCUT2D eigenvalue weighted by Gasteiger charge is 2.05. The summed E-state index contributed by atoms with van der Waals surface area (Å²) in [5, 5.41) is 6.34. The maximum atomic E-state index is 5.55. The lowest BCUT2D eigenvalue weighted by Crippen LogP contribution is -2.36. The highest BCUT2D eigenvalue weighted by molar-refractivity contribution is 14.0. The van der Waals surface area contributed by atoms with Crippen molar-refractivity contribution in [2.24, 2.45) is 4.99 Å². The summed E-state index contributed by atoms with van der Waals surface area (Å²) in [5.74, 6) is 2.23. The second kappa shape index (κ2) is 11.2. The minimum atomic E-state index is 0. The van der Waals surface area contributed by atoms with Crippen molar-refractivity contribution in [2.45, 2.75) is 13.5 Å². The van der Waals surface area contributed by atoms with E-state index < -0.39 is 0 Å². The van der Waals surface area contributed by atoms with Crippen LogP contribution in [-0.2, 0) is 6.54 Å². The number of rotatable bonds is 7. The van der Waals surface area contributed by atoms with Gasteiger partial charge < -0.3 is 20.1 Å². The van der Waals surface area contributed by atoms with E-state index in [2.05, 4.69) is 22.2 Å². The quantitative estimate of drug-likeness (QED) is 0.317. The van der Waals surface area contributed by atoms with E-state index in [1.165, 1.54) is 0 Å². The molecule has 6 heteroatoms. The Balaban J connectivity index is 0.00000400. The summed E-state index contributed by atoms with van der Waals surface area (Å²) in [5.41, 5.74) is 1.09. The van der Waals surface area contributed by atoms with E-state index >= 15 is 0 Å². The minimum absolute atomic E-state index is 0. The lowest BCUT2D eigenvalue weighted by Gasteiger charge is -2.13. The molecule has 1 rings (SSSR count). The smallest absolute Gasteiger partial charge is 0.191 e. The molecule has 1 aromatic carbocycles. The van der Waals surface area contributed by atoms with Crippen molar-refractivity contribution in [3.8, 4) is 11.5 Å². The molecule has 2 N–H and O–H groups in total. The Morgan fingerprint density at radius 1 is 1.33 bits per heavy atom. The second-order valence-electron chi connectivity index (χ2n) is 4.01. The first-order chi connectivity index (χ1) is 9.74. The summed E-state index contributed by atoms with van der Waals surface area (Å²) in [6.07, 6.45) is 1.79. The summed E-state index contributed by atoms with van der Waals surface area (Å²) in [7, 11) is 3.37. The maximum absolute atomic E-state index is 5.55. The van der Waals surface area contributed by atoms with Gasteiger partial charge in [0.15, 0.2) is 17.5 Å². The van der Waals surface area contributed by atoms with E-state index in [0.717, 1.165) is 23.0 Å². The zero-order valence-electron chi connectivity index (χ0n) is 12.8.